The molecule has 2 rings (SSSR count). The summed E-state index contributed by atoms with van der Waals surface area (Å²) in [5.74, 6) is -0.390. The van der Waals surface area contributed by atoms with Crippen LogP contribution in [-0.4, -0.2) is 18.4 Å². The summed E-state index contributed by atoms with van der Waals surface area (Å²) in [4.78, 5) is 24.1. The van der Waals surface area contributed by atoms with Crippen LogP contribution in [0, 0.1) is 13.8 Å². The van der Waals surface area contributed by atoms with Crippen molar-refractivity contribution in [2.24, 2.45) is 0 Å². The normalized spacial score (nSPS) is 10.0. The van der Waals surface area contributed by atoms with Crippen molar-refractivity contribution in [1.29, 1.82) is 0 Å². The van der Waals surface area contributed by atoms with Gasteiger partial charge in [-0.2, -0.15) is 0 Å². The standard InChI is InChI=1S/C19H20N2O2/c1-4-9-20-18(22)15-5-7-16(8-6-15)19(23)21-17-11-13(2)10-14(3)12-17/h4-8,10-12H,1,9H2,2-3H3,(H,20,22)(H,21,23). The van der Waals surface area contributed by atoms with E-state index in [4.69, 9.17) is 0 Å². The monoisotopic (exact) mass is 308 g/mol. The second kappa shape index (κ2) is 7.40. The van der Waals surface area contributed by atoms with Crippen molar-refractivity contribution >= 4 is 17.5 Å². The molecule has 2 N–H and O–H groups in total. The van der Waals surface area contributed by atoms with Crippen LogP contribution >= 0.6 is 0 Å². The smallest absolute Gasteiger partial charge is 0.255 e. The number of aryl methyl sites for hydroxylation is 2. The Morgan fingerprint density at radius 1 is 0.957 bits per heavy atom. The third-order valence-corrected chi connectivity index (χ3v) is 3.30. The van der Waals surface area contributed by atoms with Crippen LogP contribution in [0.5, 0.6) is 0 Å². The highest BCUT2D eigenvalue weighted by Crippen LogP contribution is 2.15. The molecule has 118 valence electrons. The summed E-state index contributed by atoms with van der Waals surface area (Å²) in [6.07, 6.45) is 1.61. The fraction of sp³-hybridized carbons (Fsp3) is 0.158. The third-order valence-electron chi connectivity index (χ3n) is 3.30. The van der Waals surface area contributed by atoms with Gasteiger partial charge in [0.25, 0.3) is 11.8 Å². The number of nitrogens with one attached hydrogen (secondary N) is 2. The molecule has 0 saturated heterocycles. The lowest BCUT2D eigenvalue weighted by atomic mass is 10.1. The molecule has 2 aromatic rings. The Morgan fingerprint density at radius 3 is 2.00 bits per heavy atom. The van der Waals surface area contributed by atoms with Crippen LogP contribution in [0.15, 0.2) is 55.1 Å². The van der Waals surface area contributed by atoms with Gasteiger partial charge in [0.05, 0.1) is 0 Å². The highest BCUT2D eigenvalue weighted by Gasteiger charge is 2.09. The first-order chi connectivity index (χ1) is 11.0. The Labute approximate surface area is 136 Å². The maximum absolute atomic E-state index is 12.3. The first-order valence-corrected chi connectivity index (χ1v) is 7.38. The summed E-state index contributed by atoms with van der Waals surface area (Å²) in [5.41, 5.74) is 3.96. The van der Waals surface area contributed by atoms with Gasteiger partial charge in [-0.3, -0.25) is 9.59 Å². The SMILES string of the molecule is C=CCNC(=O)c1ccc(C(=O)Nc2cc(C)cc(C)c2)cc1. The van der Waals surface area contributed by atoms with Crippen LogP contribution in [0.1, 0.15) is 31.8 Å². The van der Waals surface area contributed by atoms with Gasteiger partial charge in [-0.05, 0) is 61.4 Å². The molecule has 0 fully saturated rings. The minimum absolute atomic E-state index is 0.189. The quantitative estimate of drug-likeness (QED) is 0.831. The maximum Gasteiger partial charge on any atom is 0.255 e. The lowest BCUT2D eigenvalue weighted by Gasteiger charge is -2.08. The number of anilines is 1. The second-order valence-corrected chi connectivity index (χ2v) is 5.41. The molecule has 4 heteroatoms. The van der Waals surface area contributed by atoms with Crippen LogP contribution in [0.25, 0.3) is 0 Å². The molecule has 0 saturated carbocycles. The molecule has 0 heterocycles. The lowest BCUT2D eigenvalue weighted by molar-refractivity contribution is 0.0956. The van der Waals surface area contributed by atoms with Gasteiger partial charge in [0.2, 0.25) is 0 Å². The molecular weight excluding hydrogens is 288 g/mol. The van der Waals surface area contributed by atoms with Crippen molar-refractivity contribution in [3.63, 3.8) is 0 Å². The van der Waals surface area contributed by atoms with E-state index in [1.54, 1.807) is 30.3 Å². The number of amides is 2. The molecule has 23 heavy (non-hydrogen) atoms. The maximum atomic E-state index is 12.3. The van der Waals surface area contributed by atoms with Crippen LogP contribution in [-0.2, 0) is 0 Å². The minimum atomic E-state index is -0.201. The van der Waals surface area contributed by atoms with Gasteiger partial charge in [-0.25, -0.2) is 0 Å². The number of carbonyl (C=O) groups excluding carboxylic acids is 2. The van der Waals surface area contributed by atoms with Crippen molar-refractivity contribution in [3.05, 3.63) is 77.4 Å². The number of hydrogen-bond donors (Lipinski definition) is 2. The Hall–Kier alpha value is -2.88. The summed E-state index contributed by atoms with van der Waals surface area (Å²) < 4.78 is 0. The second-order valence-electron chi connectivity index (χ2n) is 5.41. The summed E-state index contributed by atoms with van der Waals surface area (Å²) >= 11 is 0. The Bertz CT molecular complexity index is 713. The topological polar surface area (TPSA) is 58.2 Å². The fourth-order valence-corrected chi connectivity index (χ4v) is 2.29. The van der Waals surface area contributed by atoms with E-state index < -0.39 is 0 Å². The molecule has 2 aromatic carbocycles. The molecule has 0 aliphatic rings. The third kappa shape index (κ3) is 4.54. The first kappa shape index (κ1) is 16.5. The summed E-state index contributed by atoms with van der Waals surface area (Å²) in [5, 5.41) is 5.56. The van der Waals surface area contributed by atoms with Crippen LogP contribution < -0.4 is 10.6 Å². The van der Waals surface area contributed by atoms with E-state index in [0.29, 0.717) is 17.7 Å². The van der Waals surface area contributed by atoms with Gasteiger partial charge in [-0.1, -0.05) is 12.1 Å². The van der Waals surface area contributed by atoms with Crippen LogP contribution in [0.3, 0.4) is 0 Å². The summed E-state index contributed by atoms with van der Waals surface area (Å²) in [7, 11) is 0. The van der Waals surface area contributed by atoms with Gasteiger partial charge < -0.3 is 10.6 Å². The zero-order valence-electron chi connectivity index (χ0n) is 13.3. The van der Waals surface area contributed by atoms with Crippen molar-refractivity contribution in [2.45, 2.75) is 13.8 Å². The molecule has 0 spiro atoms. The summed E-state index contributed by atoms with van der Waals surface area (Å²) in [6, 6.07) is 12.4. The highest BCUT2D eigenvalue weighted by molar-refractivity contribution is 6.05. The van der Waals surface area contributed by atoms with Gasteiger partial charge in [0.1, 0.15) is 0 Å². The molecule has 0 unspecified atom stereocenters. The molecule has 0 aromatic heterocycles. The van der Waals surface area contributed by atoms with E-state index in [0.717, 1.165) is 16.8 Å². The predicted molar refractivity (Wildman–Crippen MR) is 92.8 cm³/mol. The molecule has 4 nitrogen and oxygen atoms in total. The van der Waals surface area contributed by atoms with E-state index in [-0.39, 0.29) is 11.8 Å². The largest absolute Gasteiger partial charge is 0.349 e. The molecule has 0 aliphatic heterocycles. The molecule has 0 atom stereocenters. The van der Waals surface area contributed by atoms with E-state index in [2.05, 4.69) is 17.2 Å². The number of hydrogen-bond acceptors (Lipinski definition) is 2. The van der Waals surface area contributed by atoms with Crippen molar-refractivity contribution < 1.29 is 9.59 Å². The van der Waals surface area contributed by atoms with E-state index in [9.17, 15) is 9.59 Å². The van der Waals surface area contributed by atoms with E-state index in [1.807, 2.05) is 32.0 Å². The number of carbonyl (C=O) groups is 2. The lowest BCUT2D eigenvalue weighted by Crippen LogP contribution is -2.23. The molecule has 2 amide bonds. The van der Waals surface area contributed by atoms with Crippen LogP contribution in [0.2, 0.25) is 0 Å². The Balaban J connectivity index is 2.08. The number of benzene rings is 2. The first-order valence-electron chi connectivity index (χ1n) is 7.38. The van der Waals surface area contributed by atoms with E-state index in [1.165, 1.54) is 0 Å². The van der Waals surface area contributed by atoms with Gasteiger partial charge in [-0.15, -0.1) is 6.58 Å². The zero-order valence-corrected chi connectivity index (χ0v) is 13.3. The predicted octanol–water partition coefficient (Wildman–Crippen LogP) is 3.47. The average molecular weight is 308 g/mol. The van der Waals surface area contributed by atoms with Crippen molar-refractivity contribution in [1.82, 2.24) is 5.32 Å². The molecular formula is C19H20N2O2. The van der Waals surface area contributed by atoms with Gasteiger partial charge >= 0.3 is 0 Å². The van der Waals surface area contributed by atoms with Crippen molar-refractivity contribution in [2.75, 3.05) is 11.9 Å². The molecule has 0 radical (unpaired) electrons. The number of rotatable bonds is 5. The Kier molecular flexibility index (Phi) is 5.31. The Morgan fingerprint density at radius 2 is 1.48 bits per heavy atom. The zero-order chi connectivity index (χ0) is 16.8. The minimum Gasteiger partial charge on any atom is -0.349 e. The van der Waals surface area contributed by atoms with Gasteiger partial charge in [0.15, 0.2) is 0 Å². The molecule has 0 bridgehead atoms. The average Bonchev–Trinajstić information content (AvgIpc) is 2.51. The summed E-state index contributed by atoms with van der Waals surface area (Å²) in [6.45, 7) is 7.93. The highest BCUT2D eigenvalue weighted by atomic mass is 16.2. The molecule has 0 aliphatic carbocycles. The van der Waals surface area contributed by atoms with Crippen molar-refractivity contribution in [3.8, 4) is 0 Å². The van der Waals surface area contributed by atoms with E-state index >= 15 is 0 Å². The van der Waals surface area contributed by atoms with Crippen LogP contribution in [0.4, 0.5) is 5.69 Å². The fourth-order valence-electron chi connectivity index (χ4n) is 2.29. The van der Waals surface area contributed by atoms with Gasteiger partial charge in [0, 0.05) is 23.4 Å².